The Hall–Kier alpha value is -1.10. The molecule has 0 atom stereocenters. The number of hydrogen-bond donors (Lipinski definition) is 1. The number of anilines is 1. The van der Waals surface area contributed by atoms with E-state index in [2.05, 4.69) is 10.1 Å². The first-order valence-corrected chi connectivity index (χ1v) is 4.09. The molecule has 0 aliphatic rings. The number of rotatable bonds is 4. The summed E-state index contributed by atoms with van der Waals surface area (Å²) in [5.41, 5.74) is 5.33. The number of nitrogens with zero attached hydrogens (tertiary/aromatic N) is 3. The Morgan fingerprint density at radius 2 is 2.08 bits per heavy atom. The van der Waals surface area contributed by atoms with Gasteiger partial charge in [-0.05, 0) is 19.0 Å². The van der Waals surface area contributed by atoms with Crippen LogP contribution in [-0.2, 0) is 6.54 Å². The van der Waals surface area contributed by atoms with Crippen LogP contribution in [0.3, 0.4) is 0 Å². The van der Waals surface area contributed by atoms with Crippen molar-refractivity contribution in [3.05, 3.63) is 5.89 Å². The van der Waals surface area contributed by atoms with Gasteiger partial charge < -0.3 is 15.2 Å². The Kier molecular flexibility index (Phi) is 3.04. The fourth-order valence-electron chi connectivity index (χ4n) is 0.964. The molecule has 0 fully saturated rings. The van der Waals surface area contributed by atoms with Crippen molar-refractivity contribution in [2.24, 2.45) is 5.73 Å². The van der Waals surface area contributed by atoms with Crippen molar-refractivity contribution in [1.82, 2.24) is 10.1 Å². The van der Waals surface area contributed by atoms with Crippen molar-refractivity contribution >= 4 is 5.95 Å². The lowest BCUT2D eigenvalue weighted by atomic mass is 10.5. The minimum atomic E-state index is 0.300. The maximum atomic E-state index is 5.33. The molecular weight excluding hydrogens is 156 g/mol. The molecule has 1 aromatic heterocycles. The normalized spacial score (nSPS) is 10.2. The highest BCUT2D eigenvalue weighted by Crippen LogP contribution is 2.07. The molecule has 2 N–H and O–H groups in total. The van der Waals surface area contributed by atoms with Gasteiger partial charge in [0.2, 0.25) is 5.89 Å². The van der Waals surface area contributed by atoms with Crippen LogP contribution in [0.25, 0.3) is 0 Å². The number of aromatic nitrogens is 2. The predicted molar refractivity (Wildman–Crippen MR) is 45.8 cm³/mol. The van der Waals surface area contributed by atoms with E-state index in [-0.39, 0.29) is 0 Å². The van der Waals surface area contributed by atoms with Gasteiger partial charge in [0.15, 0.2) is 0 Å². The van der Waals surface area contributed by atoms with E-state index in [0.29, 0.717) is 18.4 Å². The fraction of sp³-hybridized carbons (Fsp3) is 0.714. The maximum Gasteiger partial charge on any atom is 0.266 e. The van der Waals surface area contributed by atoms with Gasteiger partial charge in [0.05, 0.1) is 6.54 Å². The van der Waals surface area contributed by atoms with Gasteiger partial charge in [-0.2, -0.15) is 4.98 Å². The molecule has 0 saturated carbocycles. The van der Waals surface area contributed by atoms with Crippen molar-refractivity contribution in [2.75, 3.05) is 18.0 Å². The van der Waals surface area contributed by atoms with Gasteiger partial charge in [-0.25, -0.2) is 0 Å². The van der Waals surface area contributed by atoms with Crippen LogP contribution >= 0.6 is 0 Å². The molecule has 0 aliphatic heterocycles. The fourth-order valence-corrected chi connectivity index (χ4v) is 0.964. The molecule has 1 rings (SSSR count). The molecule has 12 heavy (non-hydrogen) atoms. The van der Waals surface area contributed by atoms with Crippen molar-refractivity contribution in [3.63, 3.8) is 0 Å². The Morgan fingerprint density at radius 3 is 2.50 bits per heavy atom. The molecule has 1 heterocycles. The number of nitrogens with two attached hydrogens (primary N) is 1. The average molecular weight is 170 g/mol. The summed E-state index contributed by atoms with van der Waals surface area (Å²) in [6, 6.07) is 0. The largest absolute Gasteiger partial charge is 0.339 e. The van der Waals surface area contributed by atoms with Crippen LogP contribution in [0.1, 0.15) is 19.7 Å². The zero-order valence-electron chi connectivity index (χ0n) is 7.45. The van der Waals surface area contributed by atoms with Gasteiger partial charge in [-0.1, -0.05) is 0 Å². The molecule has 68 valence electrons. The standard InChI is InChI=1S/C7H14N4O/c1-3-11(4-2)7-9-6(5-8)12-10-7/h3-5,8H2,1-2H3. The predicted octanol–water partition coefficient (Wildman–Crippen LogP) is 0.374. The molecule has 1 aromatic rings. The van der Waals surface area contributed by atoms with Crippen LogP contribution in [0, 0.1) is 0 Å². The van der Waals surface area contributed by atoms with Crippen LogP contribution in [-0.4, -0.2) is 23.2 Å². The second-order valence-corrected chi connectivity index (χ2v) is 2.36. The van der Waals surface area contributed by atoms with E-state index in [1.807, 2.05) is 18.7 Å². The SMILES string of the molecule is CCN(CC)c1noc(CN)n1. The highest BCUT2D eigenvalue weighted by Gasteiger charge is 2.09. The highest BCUT2D eigenvalue weighted by atomic mass is 16.5. The van der Waals surface area contributed by atoms with E-state index in [9.17, 15) is 0 Å². The van der Waals surface area contributed by atoms with Crippen LogP contribution in [0.5, 0.6) is 0 Å². The lowest BCUT2D eigenvalue weighted by Crippen LogP contribution is -2.23. The van der Waals surface area contributed by atoms with Gasteiger partial charge in [-0.15, -0.1) is 0 Å². The van der Waals surface area contributed by atoms with Crippen molar-refractivity contribution < 1.29 is 4.52 Å². The third kappa shape index (κ3) is 1.73. The first-order valence-electron chi connectivity index (χ1n) is 4.09. The summed E-state index contributed by atoms with van der Waals surface area (Å²) in [7, 11) is 0. The zero-order chi connectivity index (χ0) is 8.97. The molecule has 5 nitrogen and oxygen atoms in total. The Bertz CT molecular complexity index is 231. The minimum absolute atomic E-state index is 0.300. The summed E-state index contributed by atoms with van der Waals surface area (Å²) < 4.78 is 4.87. The molecule has 0 aliphatic carbocycles. The van der Waals surface area contributed by atoms with Crippen molar-refractivity contribution in [2.45, 2.75) is 20.4 Å². The summed E-state index contributed by atoms with van der Waals surface area (Å²) in [5, 5.41) is 3.79. The zero-order valence-corrected chi connectivity index (χ0v) is 7.45. The first kappa shape index (κ1) is 8.99. The van der Waals surface area contributed by atoms with E-state index in [4.69, 9.17) is 10.3 Å². The van der Waals surface area contributed by atoms with E-state index < -0.39 is 0 Å². The topological polar surface area (TPSA) is 68.2 Å². The molecule has 0 aromatic carbocycles. The monoisotopic (exact) mass is 170 g/mol. The van der Waals surface area contributed by atoms with Crippen LogP contribution in [0.15, 0.2) is 4.52 Å². The summed E-state index contributed by atoms with van der Waals surface area (Å²) in [6.45, 7) is 6.14. The molecule has 0 amide bonds. The molecule has 0 bridgehead atoms. The van der Waals surface area contributed by atoms with Gasteiger partial charge in [-0.3, -0.25) is 0 Å². The third-order valence-electron chi connectivity index (χ3n) is 1.68. The van der Waals surface area contributed by atoms with Crippen LogP contribution in [0.4, 0.5) is 5.95 Å². The van der Waals surface area contributed by atoms with Crippen molar-refractivity contribution in [1.29, 1.82) is 0 Å². The number of hydrogen-bond acceptors (Lipinski definition) is 5. The Labute approximate surface area is 71.5 Å². The molecular formula is C7H14N4O. The second-order valence-electron chi connectivity index (χ2n) is 2.36. The highest BCUT2D eigenvalue weighted by molar-refractivity contribution is 5.26. The summed E-state index contributed by atoms with van der Waals surface area (Å²) in [4.78, 5) is 6.10. The summed E-state index contributed by atoms with van der Waals surface area (Å²) >= 11 is 0. The van der Waals surface area contributed by atoms with Gasteiger partial charge >= 0.3 is 0 Å². The smallest absolute Gasteiger partial charge is 0.266 e. The molecule has 0 unspecified atom stereocenters. The molecule has 0 radical (unpaired) electrons. The third-order valence-corrected chi connectivity index (χ3v) is 1.68. The minimum Gasteiger partial charge on any atom is -0.339 e. The quantitative estimate of drug-likeness (QED) is 0.707. The van der Waals surface area contributed by atoms with Gasteiger partial charge in [0, 0.05) is 13.1 Å². The Morgan fingerprint density at radius 1 is 1.42 bits per heavy atom. The summed E-state index contributed by atoms with van der Waals surface area (Å²) in [5.74, 6) is 1.11. The van der Waals surface area contributed by atoms with Crippen molar-refractivity contribution in [3.8, 4) is 0 Å². The molecule has 0 saturated heterocycles. The van der Waals surface area contributed by atoms with Gasteiger partial charge in [0.25, 0.3) is 5.95 Å². The van der Waals surface area contributed by atoms with E-state index in [1.54, 1.807) is 0 Å². The van der Waals surface area contributed by atoms with Crippen LogP contribution in [0.2, 0.25) is 0 Å². The molecule has 0 spiro atoms. The van der Waals surface area contributed by atoms with E-state index in [1.165, 1.54) is 0 Å². The van der Waals surface area contributed by atoms with E-state index in [0.717, 1.165) is 13.1 Å². The average Bonchev–Trinajstić information content (AvgIpc) is 2.55. The maximum absolute atomic E-state index is 5.33. The lowest BCUT2D eigenvalue weighted by Gasteiger charge is -2.14. The van der Waals surface area contributed by atoms with E-state index >= 15 is 0 Å². The molecule has 5 heteroatoms. The van der Waals surface area contributed by atoms with Crippen LogP contribution < -0.4 is 10.6 Å². The Balaban J connectivity index is 2.72. The summed E-state index contributed by atoms with van der Waals surface area (Å²) in [6.07, 6.45) is 0. The van der Waals surface area contributed by atoms with Gasteiger partial charge in [0.1, 0.15) is 0 Å². The first-order chi connectivity index (χ1) is 5.81. The second kappa shape index (κ2) is 4.06. The lowest BCUT2D eigenvalue weighted by molar-refractivity contribution is 0.379.